The van der Waals surface area contributed by atoms with E-state index in [2.05, 4.69) is 0 Å². The summed E-state index contributed by atoms with van der Waals surface area (Å²) in [4.78, 5) is 0. The van der Waals surface area contributed by atoms with E-state index < -0.39 is 17.8 Å². The van der Waals surface area contributed by atoms with E-state index in [1.165, 1.54) is 12.1 Å². The first-order valence-electron chi connectivity index (χ1n) is 5.61. The van der Waals surface area contributed by atoms with Gasteiger partial charge in [0, 0.05) is 11.5 Å². The minimum Gasteiger partial charge on any atom is -0.375 e. The highest BCUT2D eigenvalue weighted by molar-refractivity contribution is 7.99. The van der Waals surface area contributed by atoms with Crippen molar-refractivity contribution in [2.45, 2.75) is 18.3 Å². The Morgan fingerprint density at radius 3 is 2.67 bits per heavy atom. The SMILES string of the molecule is NC(c1ccccc1C(F)(F)F)C1CSCCO1. The number of ether oxygens (including phenoxy) is 1. The molecule has 0 saturated carbocycles. The summed E-state index contributed by atoms with van der Waals surface area (Å²) in [5.74, 6) is 1.50. The van der Waals surface area contributed by atoms with Gasteiger partial charge in [0.05, 0.1) is 24.3 Å². The monoisotopic (exact) mass is 277 g/mol. The Bertz CT molecular complexity index is 405. The van der Waals surface area contributed by atoms with Gasteiger partial charge in [-0.05, 0) is 11.6 Å². The minimum absolute atomic E-state index is 0.109. The topological polar surface area (TPSA) is 35.2 Å². The van der Waals surface area contributed by atoms with Crippen LogP contribution < -0.4 is 5.73 Å². The van der Waals surface area contributed by atoms with Crippen molar-refractivity contribution in [1.29, 1.82) is 0 Å². The van der Waals surface area contributed by atoms with Crippen LogP contribution in [0.5, 0.6) is 0 Å². The Morgan fingerprint density at radius 2 is 2.06 bits per heavy atom. The zero-order valence-electron chi connectivity index (χ0n) is 9.61. The van der Waals surface area contributed by atoms with Gasteiger partial charge in [-0.25, -0.2) is 0 Å². The lowest BCUT2D eigenvalue weighted by molar-refractivity contribution is -0.138. The fourth-order valence-corrected chi connectivity index (χ4v) is 2.88. The summed E-state index contributed by atoms with van der Waals surface area (Å²) in [6.45, 7) is 0.539. The highest BCUT2D eigenvalue weighted by Crippen LogP contribution is 2.35. The molecule has 2 unspecified atom stereocenters. The van der Waals surface area contributed by atoms with E-state index in [9.17, 15) is 13.2 Å². The van der Waals surface area contributed by atoms with Crippen LogP contribution in [-0.4, -0.2) is 24.2 Å². The Kier molecular flexibility index (Phi) is 4.19. The van der Waals surface area contributed by atoms with Crippen molar-refractivity contribution in [2.24, 2.45) is 5.73 Å². The molecular weight excluding hydrogens is 263 g/mol. The predicted molar refractivity (Wildman–Crippen MR) is 65.4 cm³/mol. The molecular formula is C12H14F3NOS. The average Bonchev–Trinajstić information content (AvgIpc) is 2.38. The molecule has 0 spiro atoms. The lowest BCUT2D eigenvalue weighted by Crippen LogP contribution is -2.35. The molecule has 1 saturated heterocycles. The van der Waals surface area contributed by atoms with Gasteiger partial charge in [-0.1, -0.05) is 18.2 Å². The quantitative estimate of drug-likeness (QED) is 0.903. The predicted octanol–water partition coefficient (Wildman–Crippen LogP) is 2.84. The number of rotatable bonds is 2. The lowest BCUT2D eigenvalue weighted by atomic mass is 9.97. The fraction of sp³-hybridized carbons (Fsp3) is 0.500. The molecule has 18 heavy (non-hydrogen) atoms. The molecule has 2 nitrogen and oxygen atoms in total. The summed E-state index contributed by atoms with van der Waals surface area (Å²) in [5, 5.41) is 0. The number of hydrogen-bond donors (Lipinski definition) is 1. The molecule has 1 aliphatic rings. The summed E-state index contributed by atoms with van der Waals surface area (Å²) in [7, 11) is 0. The second kappa shape index (κ2) is 5.50. The molecule has 1 aromatic carbocycles. The molecule has 2 atom stereocenters. The van der Waals surface area contributed by atoms with Gasteiger partial charge in [-0.3, -0.25) is 0 Å². The van der Waals surface area contributed by atoms with E-state index in [0.717, 1.165) is 11.8 Å². The zero-order valence-corrected chi connectivity index (χ0v) is 10.4. The van der Waals surface area contributed by atoms with Crippen LogP contribution in [-0.2, 0) is 10.9 Å². The van der Waals surface area contributed by atoms with Gasteiger partial charge in [0.15, 0.2) is 0 Å². The summed E-state index contributed by atoms with van der Waals surface area (Å²) in [5.41, 5.74) is 5.37. The van der Waals surface area contributed by atoms with E-state index in [1.54, 1.807) is 17.8 Å². The highest BCUT2D eigenvalue weighted by Gasteiger charge is 2.36. The normalized spacial score (nSPS) is 22.8. The molecule has 0 aliphatic carbocycles. The molecule has 0 bridgehead atoms. The van der Waals surface area contributed by atoms with Gasteiger partial charge in [-0.15, -0.1) is 0 Å². The Hall–Kier alpha value is -0.720. The molecule has 1 fully saturated rings. The maximum Gasteiger partial charge on any atom is 0.416 e. The van der Waals surface area contributed by atoms with Crippen LogP contribution in [0.25, 0.3) is 0 Å². The van der Waals surface area contributed by atoms with Crippen molar-refractivity contribution in [3.63, 3.8) is 0 Å². The van der Waals surface area contributed by atoms with Crippen molar-refractivity contribution in [3.8, 4) is 0 Å². The first kappa shape index (κ1) is 13.7. The van der Waals surface area contributed by atoms with Gasteiger partial charge in [0.1, 0.15) is 0 Å². The standard InChI is InChI=1S/C12H14F3NOS/c13-12(14,15)9-4-2-1-3-8(9)11(16)10-7-18-6-5-17-10/h1-4,10-11H,5-7,16H2. The molecule has 1 heterocycles. The first-order valence-corrected chi connectivity index (χ1v) is 6.76. The minimum atomic E-state index is -4.38. The van der Waals surface area contributed by atoms with Crippen molar-refractivity contribution in [2.75, 3.05) is 18.1 Å². The number of halogens is 3. The molecule has 2 N–H and O–H groups in total. The molecule has 1 aromatic rings. The molecule has 6 heteroatoms. The van der Waals surface area contributed by atoms with Gasteiger partial charge < -0.3 is 10.5 Å². The van der Waals surface area contributed by atoms with Crippen molar-refractivity contribution >= 4 is 11.8 Å². The molecule has 0 radical (unpaired) electrons. The Labute approximate surface area is 108 Å². The maximum absolute atomic E-state index is 12.9. The molecule has 0 amide bonds. The zero-order chi connectivity index (χ0) is 13.2. The first-order chi connectivity index (χ1) is 8.50. The smallest absolute Gasteiger partial charge is 0.375 e. The second-order valence-electron chi connectivity index (χ2n) is 4.09. The van der Waals surface area contributed by atoms with E-state index >= 15 is 0 Å². The van der Waals surface area contributed by atoms with Crippen LogP contribution in [0.4, 0.5) is 13.2 Å². The third-order valence-electron chi connectivity index (χ3n) is 2.87. The van der Waals surface area contributed by atoms with E-state index in [1.807, 2.05) is 0 Å². The number of alkyl halides is 3. The molecule has 1 aliphatic heterocycles. The summed E-state index contributed by atoms with van der Waals surface area (Å²) >= 11 is 1.65. The Balaban J connectivity index is 2.26. The largest absolute Gasteiger partial charge is 0.416 e. The van der Waals surface area contributed by atoms with Crippen molar-refractivity contribution in [1.82, 2.24) is 0 Å². The number of benzene rings is 1. The summed E-state index contributed by atoms with van der Waals surface area (Å²) in [6, 6.07) is 4.69. The third-order valence-corrected chi connectivity index (χ3v) is 3.89. The number of hydrogen-bond acceptors (Lipinski definition) is 3. The van der Waals surface area contributed by atoms with E-state index in [-0.39, 0.29) is 11.7 Å². The highest BCUT2D eigenvalue weighted by atomic mass is 32.2. The lowest BCUT2D eigenvalue weighted by Gasteiger charge is -2.29. The van der Waals surface area contributed by atoms with Gasteiger partial charge >= 0.3 is 6.18 Å². The molecule has 2 rings (SSSR count). The van der Waals surface area contributed by atoms with Crippen LogP contribution in [0.2, 0.25) is 0 Å². The Morgan fingerprint density at radius 1 is 1.33 bits per heavy atom. The molecule has 0 aromatic heterocycles. The fourth-order valence-electron chi connectivity index (χ4n) is 1.96. The van der Waals surface area contributed by atoms with E-state index in [4.69, 9.17) is 10.5 Å². The third kappa shape index (κ3) is 2.99. The van der Waals surface area contributed by atoms with Crippen LogP contribution in [0.1, 0.15) is 17.2 Å². The second-order valence-corrected chi connectivity index (χ2v) is 5.24. The van der Waals surface area contributed by atoms with Crippen LogP contribution in [0, 0.1) is 0 Å². The van der Waals surface area contributed by atoms with Crippen LogP contribution >= 0.6 is 11.8 Å². The molecule has 100 valence electrons. The van der Waals surface area contributed by atoms with Gasteiger partial charge in [0.25, 0.3) is 0 Å². The summed E-state index contributed by atoms with van der Waals surface area (Å²) < 4.78 is 44.1. The number of thioether (sulfide) groups is 1. The average molecular weight is 277 g/mol. The van der Waals surface area contributed by atoms with Gasteiger partial charge in [-0.2, -0.15) is 24.9 Å². The van der Waals surface area contributed by atoms with E-state index in [0.29, 0.717) is 12.4 Å². The van der Waals surface area contributed by atoms with Crippen LogP contribution in [0.15, 0.2) is 24.3 Å². The summed E-state index contributed by atoms with van der Waals surface area (Å²) in [6.07, 6.45) is -4.73. The van der Waals surface area contributed by atoms with Crippen molar-refractivity contribution in [3.05, 3.63) is 35.4 Å². The maximum atomic E-state index is 12.9. The van der Waals surface area contributed by atoms with Gasteiger partial charge in [0.2, 0.25) is 0 Å². The number of nitrogens with two attached hydrogens (primary N) is 1. The van der Waals surface area contributed by atoms with Crippen molar-refractivity contribution < 1.29 is 17.9 Å². The van der Waals surface area contributed by atoms with Crippen LogP contribution in [0.3, 0.4) is 0 Å².